The fourth-order valence-electron chi connectivity index (χ4n) is 2.68. The number of carbonyl (C=O) groups excluding carboxylic acids is 1. The Morgan fingerprint density at radius 1 is 1.15 bits per heavy atom. The van der Waals surface area contributed by atoms with Gasteiger partial charge in [0.2, 0.25) is 0 Å². The zero-order valence-electron chi connectivity index (χ0n) is 11.2. The van der Waals surface area contributed by atoms with Crippen molar-refractivity contribution in [3.8, 4) is 11.1 Å². The normalized spacial score (nSPS) is 14.5. The van der Waals surface area contributed by atoms with Crippen molar-refractivity contribution < 1.29 is 4.79 Å². The number of hydrogen-bond acceptors (Lipinski definition) is 3. The van der Waals surface area contributed by atoms with Gasteiger partial charge in [0.15, 0.2) is 0 Å². The van der Waals surface area contributed by atoms with Crippen LogP contribution in [0.3, 0.4) is 0 Å². The largest absolute Gasteiger partial charge is 0.371 e. The summed E-state index contributed by atoms with van der Waals surface area (Å²) in [6, 6.07) is 9.74. The van der Waals surface area contributed by atoms with Crippen LogP contribution >= 0.6 is 0 Å². The zero-order valence-corrected chi connectivity index (χ0v) is 11.2. The van der Waals surface area contributed by atoms with E-state index in [4.69, 9.17) is 5.73 Å². The second-order valence-corrected chi connectivity index (χ2v) is 5.03. The van der Waals surface area contributed by atoms with Gasteiger partial charge < -0.3 is 10.6 Å². The Morgan fingerprint density at radius 2 is 1.95 bits per heavy atom. The number of rotatable bonds is 3. The lowest BCUT2D eigenvalue weighted by molar-refractivity contribution is 0.100. The van der Waals surface area contributed by atoms with Gasteiger partial charge in [-0.1, -0.05) is 12.1 Å². The summed E-state index contributed by atoms with van der Waals surface area (Å²) in [4.78, 5) is 18.1. The van der Waals surface area contributed by atoms with Crippen LogP contribution in [-0.4, -0.2) is 24.0 Å². The average molecular weight is 267 g/mol. The van der Waals surface area contributed by atoms with Gasteiger partial charge in [0.1, 0.15) is 0 Å². The van der Waals surface area contributed by atoms with Crippen LogP contribution in [0.5, 0.6) is 0 Å². The van der Waals surface area contributed by atoms with E-state index in [0.717, 1.165) is 29.9 Å². The fraction of sp³-hybridized carbons (Fsp3) is 0.250. The summed E-state index contributed by atoms with van der Waals surface area (Å²) in [5.74, 6) is -0.377. The summed E-state index contributed by atoms with van der Waals surface area (Å²) >= 11 is 0. The van der Waals surface area contributed by atoms with Gasteiger partial charge in [-0.25, -0.2) is 0 Å². The number of nitrogens with two attached hydrogens (primary N) is 1. The molecule has 2 N–H and O–H groups in total. The number of pyridine rings is 1. The number of carbonyl (C=O) groups is 1. The molecule has 102 valence electrons. The highest BCUT2D eigenvalue weighted by Crippen LogP contribution is 2.29. The molecule has 1 aliphatic rings. The van der Waals surface area contributed by atoms with Crippen molar-refractivity contribution in [1.29, 1.82) is 0 Å². The van der Waals surface area contributed by atoms with Crippen LogP contribution in [-0.2, 0) is 0 Å². The van der Waals surface area contributed by atoms with Crippen molar-refractivity contribution in [2.75, 3.05) is 18.0 Å². The van der Waals surface area contributed by atoms with Crippen molar-refractivity contribution in [3.05, 3.63) is 48.3 Å². The molecule has 0 aliphatic carbocycles. The van der Waals surface area contributed by atoms with Gasteiger partial charge in [-0.3, -0.25) is 9.78 Å². The minimum absolute atomic E-state index is 0.377. The maximum Gasteiger partial charge on any atom is 0.250 e. The van der Waals surface area contributed by atoms with Gasteiger partial charge in [0.05, 0.1) is 5.56 Å². The Bertz CT molecular complexity index is 619. The van der Waals surface area contributed by atoms with Gasteiger partial charge in [-0.2, -0.15) is 0 Å². The van der Waals surface area contributed by atoms with Gasteiger partial charge in [0.25, 0.3) is 5.91 Å². The highest BCUT2D eigenvalue weighted by atomic mass is 16.1. The molecule has 0 unspecified atom stereocenters. The Labute approximate surface area is 118 Å². The summed E-state index contributed by atoms with van der Waals surface area (Å²) in [6.07, 6.45) is 5.86. The second kappa shape index (κ2) is 5.33. The van der Waals surface area contributed by atoms with E-state index in [0.29, 0.717) is 5.56 Å². The number of benzene rings is 1. The summed E-state index contributed by atoms with van der Waals surface area (Å²) in [7, 11) is 0. The van der Waals surface area contributed by atoms with E-state index in [1.807, 2.05) is 30.3 Å². The smallest absolute Gasteiger partial charge is 0.250 e. The summed E-state index contributed by atoms with van der Waals surface area (Å²) in [5.41, 5.74) is 9.04. The third kappa shape index (κ3) is 2.37. The summed E-state index contributed by atoms with van der Waals surface area (Å²) in [5, 5.41) is 0. The van der Waals surface area contributed by atoms with Crippen molar-refractivity contribution in [2.24, 2.45) is 5.73 Å². The molecule has 1 aliphatic heterocycles. The van der Waals surface area contributed by atoms with E-state index in [9.17, 15) is 4.79 Å². The Balaban J connectivity index is 2.04. The predicted octanol–water partition coefficient (Wildman–Crippen LogP) is 2.45. The molecule has 20 heavy (non-hydrogen) atoms. The van der Waals surface area contributed by atoms with Crippen molar-refractivity contribution in [1.82, 2.24) is 4.98 Å². The molecule has 1 aromatic carbocycles. The molecule has 0 radical (unpaired) electrons. The SMILES string of the molecule is NC(=O)c1cc(-c2cccnc2)ccc1N1CCCC1. The highest BCUT2D eigenvalue weighted by molar-refractivity contribution is 6.00. The lowest BCUT2D eigenvalue weighted by Gasteiger charge is -2.20. The summed E-state index contributed by atoms with van der Waals surface area (Å²) < 4.78 is 0. The van der Waals surface area contributed by atoms with Crippen LogP contribution in [0.25, 0.3) is 11.1 Å². The maximum atomic E-state index is 11.7. The third-order valence-corrected chi connectivity index (χ3v) is 3.70. The molecule has 1 fully saturated rings. The Kier molecular flexibility index (Phi) is 3.37. The fourth-order valence-corrected chi connectivity index (χ4v) is 2.68. The second-order valence-electron chi connectivity index (χ2n) is 5.03. The monoisotopic (exact) mass is 267 g/mol. The molecule has 0 bridgehead atoms. The van der Waals surface area contributed by atoms with Crippen molar-refractivity contribution in [2.45, 2.75) is 12.8 Å². The van der Waals surface area contributed by atoms with Crippen LogP contribution in [0, 0.1) is 0 Å². The van der Waals surface area contributed by atoms with E-state index < -0.39 is 0 Å². The van der Waals surface area contributed by atoms with Gasteiger partial charge in [0, 0.05) is 36.7 Å². The van der Waals surface area contributed by atoms with Crippen molar-refractivity contribution >= 4 is 11.6 Å². The van der Waals surface area contributed by atoms with Crippen LogP contribution in [0.4, 0.5) is 5.69 Å². The molecule has 4 heteroatoms. The molecule has 0 spiro atoms. The number of amides is 1. The minimum Gasteiger partial charge on any atom is -0.371 e. The molecule has 1 amide bonds. The zero-order chi connectivity index (χ0) is 13.9. The molecule has 0 atom stereocenters. The van der Waals surface area contributed by atoms with Crippen LogP contribution in [0.1, 0.15) is 23.2 Å². The van der Waals surface area contributed by atoms with E-state index in [2.05, 4.69) is 9.88 Å². The maximum absolute atomic E-state index is 11.7. The molecule has 2 aromatic rings. The first-order chi connectivity index (χ1) is 9.75. The van der Waals surface area contributed by atoms with Gasteiger partial charge >= 0.3 is 0 Å². The van der Waals surface area contributed by atoms with Gasteiger partial charge in [-0.05, 0) is 36.6 Å². The van der Waals surface area contributed by atoms with Crippen LogP contribution in [0.15, 0.2) is 42.7 Å². The minimum atomic E-state index is -0.377. The first-order valence-corrected chi connectivity index (χ1v) is 6.85. The van der Waals surface area contributed by atoms with Crippen LogP contribution < -0.4 is 10.6 Å². The first kappa shape index (κ1) is 12.7. The quantitative estimate of drug-likeness (QED) is 0.929. The van der Waals surface area contributed by atoms with E-state index in [1.54, 1.807) is 12.4 Å². The molecular weight excluding hydrogens is 250 g/mol. The standard InChI is InChI=1S/C16H17N3O/c17-16(20)14-10-12(13-4-3-7-18-11-13)5-6-15(14)19-8-1-2-9-19/h3-7,10-11H,1-2,8-9H2,(H2,17,20). The molecular formula is C16H17N3O. The van der Waals surface area contributed by atoms with E-state index >= 15 is 0 Å². The first-order valence-electron chi connectivity index (χ1n) is 6.85. The number of aromatic nitrogens is 1. The molecule has 2 heterocycles. The van der Waals surface area contributed by atoms with E-state index in [-0.39, 0.29) is 5.91 Å². The average Bonchev–Trinajstić information content (AvgIpc) is 3.01. The lowest BCUT2D eigenvalue weighted by atomic mass is 10.0. The number of hydrogen-bond donors (Lipinski definition) is 1. The highest BCUT2D eigenvalue weighted by Gasteiger charge is 2.18. The predicted molar refractivity (Wildman–Crippen MR) is 79.6 cm³/mol. The van der Waals surface area contributed by atoms with E-state index in [1.165, 1.54) is 12.8 Å². The Morgan fingerprint density at radius 3 is 2.60 bits per heavy atom. The molecule has 3 rings (SSSR count). The molecule has 1 aromatic heterocycles. The molecule has 4 nitrogen and oxygen atoms in total. The molecule has 0 saturated carbocycles. The van der Waals surface area contributed by atoms with Gasteiger partial charge in [-0.15, -0.1) is 0 Å². The lowest BCUT2D eigenvalue weighted by Crippen LogP contribution is -2.23. The van der Waals surface area contributed by atoms with Crippen molar-refractivity contribution in [3.63, 3.8) is 0 Å². The third-order valence-electron chi connectivity index (χ3n) is 3.70. The number of nitrogens with zero attached hydrogens (tertiary/aromatic N) is 2. The van der Waals surface area contributed by atoms with Crippen LogP contribution in [0.2, 0.25) is 0 Å². The summed E-state index contributed by atoms with van der Waals surface area (Å²) in [6.45, 7) is 1.99. The number of primary amides is 1. The Hall–Kier alpha value is -2.36. The number of anilines is 1. The molecule has 1 saturated heterocycles. The topological polar surface area (TPSA) is 59.2 Å².